The summed E-state index contributed by atoms with van der Waals surface area (Å²) < 4.78 is 9.87. The van der Waals surface area contributed by atoms with Crippen molar-refractivity contribution in [3.63, 3.8) is 0 Å². The molecule has 0 radical (unpaired) electrons. The molecule has 0 bridgehead atoms. The Hall–Kier alpha value is -3.72. The zero-order valence-corrected chi connectivity index (χ0v) is 15.0. The van der Waals surface area contributed by atoms with Crippen LogP contribution in [0.5, 0.6) is 11.5 Å². The molecule has 0 aromatic heterocycles. The third-order valence-corrected chi connectivity index (χ3v) is 3.96. The van der Waals surface area contributed by atoms with Gasteiger partial charge in [-0.25, -0.2) is 0 Å². The van der Waals surface area contributed by atoms with Crippen LogP contribution < -0.4 is 14.9 Å². The number of benzene rings is 2. The summed E-state index contributed by atoms with van der Waals surface area (Å²) in [6, 6.07) is 12.6. The number of esters is 1. The van der Waals surface area contributed by atoms with Gasteiger partial charge in [0.25, 0.3) is 18.3 Å². The van der Waals surface area contributed by atoms with E-state index in [0.29, 0.717) is 13.1 Å². The van der Waals surface area contributed by atoms with E-state index < -0.39 is 17.8 Å². The van der Waals surface area contributed by atoms with Gasteiger partial charge in [-0.1, -0.05) is 24.3 Å². The first-order valence-electron chi connectivity index (χ1n) is 8.38. The highest BCUT2D eigenvalue weighted by atomic mass is 16.5. The Kier molecular flexibility index (Phi) is 5.66. The molecule has 2 amide bonds. The molecule has 0 saturated carbocycles. The zero-order valence-electron chi connectivity index (χ0n) is 15.0. The van der Waals surface area contributed by atoms with Crippen LogP contribution in [0.3, 0.4) is 0 Å². The van der Waals surface area contributed by atoms with Crippen molar-refractivity contribution in [1.29, 1.82) is 0 Å². The highest BCUT2D eigenvalue weighted by molar-refractivity contribution is 5.99. The summed E-state index contributed by atoms with van der Waals surface area (Å²) >= 11 is 0. The molecule has 0 atom stereocenters. The number of hydrogen-bond acceptors (Lipinski definition) is 7. The first-order valence-corrected chi connectivity index (χ1v) is 8.38. The molecule has 3 rings (SSSR count). The van der Waals surface area contributed by atoms with Gasteiger partial charge in [-0.05, 0) is 24.3 Å². The van der Waals surface area contributed by atoms with Gasteiger partial charge in [0.1, 0.15) is 11.5 Å². The quantitative estimate of drug-likeness (QED) is 0.453. The van der Waals surface area contributed by atoms with E-state index in [4.69, 9.17) is 9.47 Å². The zero-order chi connectivity index (χ0) is 20.1. The van der Waals surface area contributed by atoms with Crippen LogP contribution in [0.1, 0.15) is 27.6 Å². The van der Waals surface area contributed by atoms with Crippen LogP contribution in [0.25, 0.3) is 0 Å². The Morgan fingerprint density at radius 1 is 0.964 bits per heavy atom. The average Bonchev–Trinajstić information content (AvgIpc) is 2.65. The lowest BCUT2D eigenvalue weighted by Gasteiger charge is -2.43. The van der Waals surface area contributed by atoms with Crippen molar-refractivity contribution in [2.24, 2.45) is 0 Å². The lowest BCUT2D eigenvalue weighted by molar-refractivity contribution is -0.132. The predicted molar refractivity (Wildman–Crippen MR) is 96.1 cm³/mol. The largest absolute Gasteiger partial charge is 0.428 e. The van der Waals surface area contributed by atoms with E-state index >= 15 is 0 Å². The first kappa shape index (κ1) is 19.1. The van der Waals surface area contributed by atoms with Crippen LogP contribution in [-0.2, 0) is 9.59 Å². The monoisotopic (exact) mass is 383 g/mol. The number of nitrogens with one attached hydrogen (secondary N) is 1. The maximum absolute atomic E-state index is 12.8. The number of para-hydroxylation sites is 2. The molecule has 0 unspecified atom stereocenters. The highest BCUT2D eigenvalue weighted by Crippen LogP contribution is 2.23. The van der Waals surface area contributed by atoms with Crippen molar-refractivity contribution >= 4 is 24.3 Å². The van der Waals surface area contributed by atoms with Crippen molar-refractivity contribution in [2.45, 2.75) is 6.92 Å². The summed E-state index contributed by atoms with van der Waals surface area (Å²) in [6.45, 7) is 2.26. The first-order chi connectivity index (χ1) is 13.5. The standard InChI is InChI=1S/C19H17N3O6/c1-13(24)28-17-9-5-3-7-15(17)19(26)21-10-11-22(21)20-18(25)14-6-2-4-8-16(14)27-12-23/h2-9,12H,10-11H2,1H3,(H,20,25). The van der Waals surface area contributed by atoms with E-state index in [9.17, 15) is 19.2 Å². The fourth-order valence-electron chi connectivity index (χ4n) is 2.64. The number of hydrazine groups is 2. The number of rotatable bonds is 6. The summed E-state index contributed by atoms with van der Waals surface area (Å²) in [4.78, 5) is 47.1. The van der Waals surface area contributed by atoms with E-state index in [0.717, 1.165) is 0 Å². The average molecular weight is 383 g/mol. The van der Waals surface area contributed by atoms with Crippen LogP contribution in [0.4, 0.5) is 0 Å². The van der Waals surface area contributed by atoms with Crippen LogP contribution in [0.15, 0.2) is 48.5 Å². The second kappa shape index (κ2) is 8.31. The molecule has 144 valence electrons. The van der Waals surface area contributed by atoms with Crippen molar-refractivity contribution in [2.75, 3.05) is 13.1 Å². The SMILES string of the molecule is CC(=O)Oc1ccccc1C(=O)N1CCN1NC(=O)c1ccccc1OC=O. The van der Waals surface area contributed by atoms with Crippen LogP contribution >= 0.6 is 0 Å². The van der Waals surface area contributed by atoms with E-state index in [1.54, 1.807) is 24.3 Å². The van der Waals surface area contributed by atoms with Gasteiger partial charge < -0.3 is 9.47 Å². The van der Waals surface area contributed by atoms with Crippen molar-refractivity contribution < 1.29 is 28.7 Å². The summed E-state index contributed by atoms with van der Waals surface area (Å²) in [5.74, 6) is -1.26. The molecule has 1 N–H and O–H groups in total. The molecule has 2 aromatic rings. The predicted octanol–water partition coefficient (Wildman–Crippen LogP) is 1.16. The Morgan fingerprint density at radius 2 is 1.61 bits per heavy atom. The fourth-order valence-corrected chi connectivity index (χ4v) is 2.64. The van der Waals surface area contributed by atoms with Crippen LogP contribution in [0.2, 0.25) is 0 Å². The molecular formula is C19H17N3O6. The molecule has 2 aromatic carbocycles. The second-order valence-electron chi connectivity index (χ2n) is 5.79. The Bertz CT molecular complexity index is 929. The van der Waals surface area contributed by atoms with Crippen molar-refractivity contribution in [1.82, 2.24) is 15.6 Å². The maximum Gasteiger partial charge on any atom is 0.308 e. The number of nitrogens with zero attached hydrogens (tertiary/aromatic N) is 2. The molecule has 9 heteroatoms. The molecule has 0 spiro atoms. The summed E-state index contributed by atoms with van der Waals surface area (Å²) in [5.41, 5.74) is 2.93. The van der Waals surface area contributed by atoms with Gasteiger partial charge in [0, 0.05) is 6.92 Å². The normalized spacial score (nSPS) is 13.2. The number of carbonyl (C=O) groups excluding carboxylic acids is 4. The van der Waals surface area contributed by atoms with Crippen molar-refractivity contribution in [3.05, 3.63) is 59.7 Å². The molecular weight excluding hydrogens is 366 g/mol. The molecule has 28 heavy (non-hydrogen) atoms. The van der Waals surface area contributed by atoms with E-state index in [1.165, 1.54) is 41.3 Å². The van der Waals surface area contributed by atoms with Crippen molar-refractivity contribution in [3.8, 4) is 11.5 Å². The number of carbonyl (C=O) groups is 4. The minimum Gasteiger partial charge on any atom is -0.428 e. The van der Waals surface area contributed by atoms with Gasteiger partial charge in [-0.2, -0.15) is 0 Å². The second-order valence-corrected chi connectivity index (χ2v) is 5.79. The molecule has 9 nitrogen and oxygen atoms in total. The van der Waals surface area contributed by atoms with Crippen LogP contribution in [-0.4, -0.2) is 47.5 Å². The number of hydrogen-bond donors (Lipinski definition) is 1. The highest BCUT2D eigenvalue weighted by Gasteiger charge is 2.34. The van der Waals surface area contributed by atoms with Crippen LogP contribution in [0, 0.1) is 0 Å². The van der Waals surface area contributed by atoms with Gasteiger partial charge in [0.2, 0.25) is 0 Å². The van der Waals surface area contributed by atoms with Gasteiger partial charge in [0.05, 0.1) is 24.2 Å². The Morgan fingerprint density at radius 3 is 2.21 bits per heavy atom. The molecule has 1 aliphatic heterocycles. The lowest BCUT2D eigenvalue weighted by Crippen LogP contribution is -2.66. The molecule has 0 aliphatic carbocycles. The molecule has 1 aliphatic rings. The Labute approximate surface area is 160 Å². The molecule has 1 heterocycles. The maximum atomic E-state index is 12.8. The van der Waals surface area contributed by atoms with Gasteiger partial charge in [-0.15, -0.1) is 5.12 Å². The third kappa shape index (κ3) is 3.99. The van der Waals surface area contributed by atoms with E-state index in [1.807, 2.05) is 0 Å². The summed E-state index contributed by atoms with van der Waals surface area (Å²) in [7, 11) is 0. The lowest BCUT2D eigenvalue weighted by atomic mass is 10.1. The van der Waals surface area contributed by atoms with E-state index in [2.05, 4.69) is 5.43 Å². The number of ether oxygens (including phenoxy) is 2. The van der Waals surface area contributed by atoms with E-state index in [-0.39, 0.29) is 29.1 Å². The topological polar surface area (TPSA) is 105 Å². The summed E-state index contributed by atoms with van der Waals surface area (Å²) in [6.07, 6.45) is 0. The van der Waals surface area contributed by atoms with Gasteiger partial charge in [-0.3, -0.25) is 29.6 Å². The smallest absolute Gasteiger partial charge is 0.308 e. The summed E-state index contributed by atoms with van der Waals surface area (Å²) in [5, 5.41) is 2.65. The van der Waals surface area contributed by atoms with Gasteiger partial charge in [0.15, 0.2) is 0 Å². The van der Waals surface area contributed by atoms with Gasteiger partial charge >= 0.3 is 5.97 Å². The third-order valence-electron chi connectivity index (χ3n) is 3.96. The number of amides is 2. The molecule has 1 fully saturated rings. The minimum absolute atomic E-state index is 0.105. The fraction of sp³-hybridized carbons (Fsp3) is 0.158. The minimum atomic E-state index is -0.541. The Balaban J connectivity index is 1.73. The molecule has 1 saturated heterocycles.